The molecule has 28 heavy (non-hydrogen) atoms. The number of benzene rings is 1. The predicted octanol–water partition coefficient (Wildman–Crippen LogP) is 3.08. The smallest absolute Gasteiger partial charge is 0.377 e. The molecule has 1 aliphatic heterocycles. The fourth-order valence-electron chi connectivity index (χ4n) is 2.94. The number of nitrogens with one attached hydrogen (secondary N) is 1. The molecule has 10 heteroatoms. The first-order chi connectivity index (χ1) is 13.4. The molecular formula is C18H21F3N4O2S. The van der Waals surface area contributed by atoms with E-state index < -0.39 is 17.6 Å². The minimum Gasteiger partial charge on any atom is -0.377 e. The van der Waals surface area contributed by atoms with E-state index in [4.69, 9.17) is 4.74 Å². The summed E-state index contributed by atoms with van der Waals surface area (Å²) in [7, 11) is 1.83. The molecule has 1 fully saturated rings. The van der Waals surface area contributed by atoms with Crippen LogP contribution in [0.1, 0.15) is 34.6 Å². The molecule has 1 aromatic carbocycles. The van der Waals surface area contributed by atoms with Crippen LogP contribution in [0, 0.1) is 0 Å². The number of hydrogen-bond acceptors (Lipinski definition) is 5. The summed E-state index contributed by atoms with van der Waals surface area (Å²) < 4.78 is 46.5. The summed E-state index contributed by atoms with van der Waals surface area (Å²) in [5.74, 6) is 0.694. The van der Waals surface area contributed by atoms with Crippen LogP contribution >= 0.6 is 11.8 Å². The number of carbonyl (C=O) groups excluding carboxylic acids is 1. The summed E-state index contributed by atoms with van der Waals surface area (Å²) in [6.45, 7) is 0.958. The number of hydrogen-bond donors (Lipinski definition) is 1. The van der Waals surface area contributed by atoms with E-state index in [2.05, 4.69) is 15.5 Å². The van der Waals surface area contributed by atoms with Gasteiger partial charge in [0.2, 0.25) is 0 Å². The molecule has 0 unspecified atom stereocenters. The van der Waals surface area contributed by atoms with Gasteiger partial charge < -0.3 is 14.6 Å². The molecule has 0 aliphatic carbocycles. The van der Waals surface area contributed by atoms with Gasteiger partial charge in [-0.25, -0.2) is 0 Å². The second-order valence-electron chi connectivity index (χ2n) is 6.45. The van der Waals surface area contributed by atoms with Gasteiger partial charge in [0.05, 0.1) is 17.2 Å². The van der Waals surface area contributed by atoms with Crippen molar-refractivity contribution in [3.8, 4) is 0 Å². The number of aromatic nitrogens is 3. The highest BCUT2D eigenvalue weighted by molar-refractivity contribution is 7.99. The van der Waals surface area contributed by atoms with Gasteiger partial charge in [0.1, 0.15) is 5.82 Å². The van der Waals surface area contributed by atoms with Crippen LogP contribution in [0.25, 0.3) is 0 Å². The molecule has 3 rings (SSSR count). The van der Waals surface area contributed by atoms with Gasteiger partial charge >= 0.3 is 6.18 Å². The van der Waals surface area contributed by atoms with Crippen molar-refractivity contribution in [3.05, 3.63) is 41.2 Å². The standard InChI is InChI=1S/C18H21F3N4O2S/c1-25-15(23-24-17(25)28-11-12-5-4-10-27-12)8-9-22-16(26)13-6-2-3-7-14(13)18(19,20)21/h2-3,6-7,12H,4-5,8-11H2,1H3,(H,22,26)/t12-/m1/s1. The molecule has 6 nitrogen and oxygen atoms in total. The van der Waals surface area contributed by atoms with Crippen LogP contribution in [0.2, 0.25) is 0 Å². The van der Waals surface area contributed by atoms with Crippen molar-refractivity contribution < 1.29 is 22.7 Å². The van der Waals surface area contributed by atoms with Gasteiger partial charge in [-0.15, -0.1) is 10.2 Å². The number of rotatable bonds is 7. The molecule has 1 atom stereocenters. The maximum atomic E-state index is 13.0. The second-order valence-corrected chi connectivity index (χ2v) is 7.44. The van der Waals surface area contributed by atoms with Crippen molar-refractivity contribution in [1.29, 1.82) is 0 Å². The molecule has 2 aromatic rings. The summed E-state index contributed by atoms with van der Waals surface area (Å²) in [6.07, 6.45) is -1.86. The molecule has 1 aliphatic rings. The minimum atomic E-state index is -4.58. The molecule has 0 saturated carbocycles. The normalized spacial score (nSPS) is 17.1. The fraction of sp³-hybridized carbons (Fsp3) is 0.500. The summed E-state index contributed by atoms with van der Waals surface area (Å²) >= 11 is 1.56. The van der Waals surface area contributed by atoms with Crippen LogP contribution in [-0.4, -0.2) is 45.7 Å². The van der Waals surface area contributed by atoms with Gasteiger partial charge in [0.15, 0.2) is 5.16 Å². The highest BCUT2D eigenvalue weighted by Gasteiger charge is 2.34. The van der Waals surface area contributed by atoms with Crippen LogP contribution in [0.5, 0.6) is 0 Å². The third-order valence-electron chi connectivity index (χ3n) is 4.46. The third-order valence-corrected chi connectivity index (χ3v) is 5.61. The van der Waals surface area contributed by atoms with E-state index in [0.717, 1.165) is 36.4 Å². The highest BCUT2D eigenvalue weighted by atomic mass is 32.2. The van der Waals surface area contributed by atoms with Crippen molar-refractivity contribution in [2.24, 2.45) is 7.05 Å². The quantitative estimate of drug-likeness (QED) is 0.706. The van der Waals surface area contributed by atoms with Crippen LogP contribution in [0.3, 0.4) is 0 Å². The Kier molecular flexibility index (Phi) is 6.61. The zero-order valence-electron chi connectivity index (χ0n) is 15.3. The second kappa shape index (κ2) is 8.95. The first kappa shape index (κ1) is 20.7. The van der Waals surface area contributed by atoms with Crippen molar-refractivity contribution in [1.82, 2.24) is 20.1 Å². The number of ether oxygens (including phenoxy) is 1. The molecule has 1 aromatic heterocycles. The minimum absolute atomic E-state index is 0.160. The van der Waals surface area contributed by atoms with Crippen LogP contribution < -0.4 is 5.32 Å². The van der Waals surface area contributed by atoms with E-state index in [1.54, 1.807) is 11.8 Å². The predicted molar refractivity (Wildman–Crippen MR) is 98.2 cm³/mol. The van der Waals surface area contributed by atoms with E-state index in [-0.39, 0.29) is 18.2 Å². The Balaban J connectivity index is 1.53. The monoisotopic (exact) mass is 414 g/mol. The molecule has 1 N–H and O–H groups in total. The van der Waals surface area contributed by atoms with Gasteiger partial charge in [0.25, 0.3) is 5.91 Å². The maximum Gasteiger partial charge on any atom is 0.417 e. The van der Waals surface area contributed by atoms with E-state index in [1.807, 2.05) is 11.6 Å². The lowest BCUT2D eigenvalue weighted by Gasteiger charge is -2.12. The van der Waals surface area contributed by atoms with Crippen molar-refractivity contribution in [2.45, 2.75) is 36.7 Å². The van der Waals surface area contributed by atoms with Gasteiger partial charge in [-0.05, 0) is 25.0 Å². The lowest BCUT2D eigenvalue weighted by Crippen LogP contribution is -2.28. The van der Waals surface area contributed by atoms with E-state index in [9.17, 15) is 18.0 Å². The Hall–Kier alpha value is -2.07. The number of amides is 1. The molecule has 0 bridgehead atoms. The molecular weight excluding hydrogens is 393 g/mol. The average molecular weight is 414 g/mol. The van der Waals surface area contributed by atoms with Gasteiger partial charge in [0, 0.05) is 32.4 Å². The van der Waals surface area contributed by atoms with Gasteiger partial charge in [-0.3, -0.25) is 4.79 Å². The van der Waals surface area contributed by atoms with E-state index in [0.29, 0.717) is 12.2 Å². The van der Waals surface area contributed by atoms with Crippen molar-refractivity contribution in [3.63, 3.8) is 0 Å². The van der Waals surface area contributed by atoms with Crippen LogP contribution in [-0.2, 0) is 24.4 Å². The number of nitrogens with zero attached hydrogens (tertiary/aromatic N) is 3. The SMILES string of the molecule is Cn1c(CCNC(=O)c2ccccc2C(F)(F)F)nnc1SC[C@H]1CCCO1. The maximum absolute atomic E-state index is 13.0. The van der Waals surface area contributed by atoms with Crippen molar-refractivity contribution in [2.75, 3.05) is 18.9 Å². The number of thioether (sulfide) groups is 1. The number of carbonyl (C=O) groups is 1. The largest absolute Gasteiger partial charge is 0.417 e. The van der Waals surface area contributed by atoms with Gasteiger partial charge in [-0.2, -0.15) is 13.2 Å². The summed E-state index contributed by atoms with van der Waals surface area (Å²) in [4.78, 5) is 12.2. The fourth-order valence-corrected chi connectivity index (χ4v) is 3.94. The average Bonchev–Trinajstić information content (AvgIpc) is 3.30. The zero-order chi connectivity index (χ0) is 20.1. The third kappa shape index (κ3) is 5.05. The molecule has 0 spiro atoms. The molecule has 1 saturated heterocycles. The summed E-state index contributed by atoms with van der Waals surface area (Å²) in [5.41, 5.74) is -1.33. The van der Waals surface area contributed by atoms with E-state index in [1.165, 1.54) is 18.2 Å². The topological polar surface area (TPSA) is 69.0 Å². The Labute approximate surface area is 164 Å². The van der Waals surface area contributed by atoms with Crippen LogP contribution in [0.4, 0.5) is 13.2 Å². The Morgan fingerprint density at radius 3 is 2.86 bits per heavy atom. The Bertz CT molecular complexity index is 819. The summed E-state index contributed by atoms with van der Waals surface area (Å²) in [5, 5.41) is 11.5. The molecule has 1 amide bonds. The van der Waals surface area contributed by atoms with Gasteiger partial charge in [-0.1, -0.05) is 23.9 Å². The van der Waals surface area contributed by atoms with E-state index >= 15 is 0 Å². The Morgan fingerprint density at radius 2 is 2.14 bits per heavy atom. The van der Waals surface area contributed by atoms with Crippen molar-refractivity contribution >= 4 is 17.7 Å². The molecule has 0 radical (unpaired) electrons. The lowest BCUT2D eigenvalue weighted by molar-refractivity contribution is -0.137. The molecule has 2 heterocycles. The molecule has 152 valence electrons. The number of halogens is 3. The zero-order valence-corrected chi connectivity index (χ0v) is 16.1. The first-order valence-corrected chi connectivity index (χ1v) is 9.92. The summed E-state index contributed by atoms with van der Waals surface area (Å²) in [6, 6.07) is 4.73. The first-order valence-electron chi connectivity index (χ1n) is 8.93. The highest BCUT2D eigenvalue weighted by Crippen LogP contribution is 2.31. The van der Waals surface area contributed by atoms with Crippen LogP contribution in [0.15, 0.2) is 29.4 Å². The lowest BCUT2D eigenvalue weighted by atomic mass is 10.1. The Morgan fingerprint density at radius 1 is 1.36 bits per heavy atom. The number of alkyl halides is 3.